The van der Waals surface area contributed by atoms with Crippen LogP contribution in [0, 0.1) is 20.8 Å². The normalized spacial score (nSPS) is 14.3. The van der Waals surface area contributed by atoms with E-state index in [1.54, 1.807) is 6.07 Å². The molecule has 208 valence electrons. The predicted octanol–water partition coefficient (Wildman–Crippen LogP) is 4.42. The number of hydrogen-bond acceptors (Lipinski definition) is 7. The van der Waals surface area contributed by atoms with E-state index in [2.05, 4.69) is 5.32 Å². The van der Waals surface area contributed by atoms with E-state index >= 15 is 0 Å². The van der Waals surface area contributed by atoms with Crippen LogP contribution in [0.2, 0.25) is 0 Å². The van der Waals surface area contributed by atoms with E-state index in [1.165, 1.54) is 28.6 Å². The summed E-state index contributed by atoms with van der Waals surface area (Å²) in [4.78, 5) is 26.4. The number of sulfonamides is 1. The van der Waals surface area contributed by atoms with Gasteiger partial charge in [-0.3, -0.25) is 9.59 Å². The molecule has 0 unspecified atom stereocenters. The number of benzene rings is 3. The van der Waals surface area contributed by atoms with E-state index in [0.717, 1.165) is 16.7 Å². The van der Waals surface area contributed by atoms with Gasteiger partial charge in [0.25, 0.3) is 5.91 Å². The van der Waals surface area contributed by atoms with Gasteiger partial charge in [0.15, 0.2) is 12.4 Å². The number of anilines is 1. The molecule has 2 heterocycles. The van der Waals surface area contributed by atoms with E-state index in [0.29, 0.717) is 48.5 Å². The molecule has 0 bridgehead atoms. The van der Waals surface area contributed by atoms with Crippen LogP contribution in [-0.4, -0.2) is 51.5 Å². The van der Waals surface area contributed by atoms with Crippen LogP contribution in [0.3, 0.4) is 0 Å². The van der Waals surface area contributed by atoms with Gasteiger partial charge in [-0.15, -0.1) is 0 Å². The molecule has 5 rings (SSSR count). The number of amides is 1. The monoisotopic (exact) mass is 562 g/mol. The first-order chi connectivity index (χ1) is 19.1. The zero-order valence-corrected chi connectivity index (χ0v) is 23.3. The van der Waals surface area contributed by atoms with Crippen LogP contribution in [0.4, 0.5) is 5.69 Å². The summed E-state index contributed by atoms with van der Waals surface area (Å²) in [6, 6.07) is 17.0. The Morgan fingerprint density at radius 2 is 1.60 bits per heavy atom. The minimum Gasteiger partial charge on any atom is -0.476 e. The predicted molar refractivity (Wildman–Crippen MR) is 152 cm³/mol. The van der Waals surface area contributed by atoms with Crippen molar-refractivity contribution in [2.45, 2.75) is 25.7 Å². The molecule has 1 N–H and O–H groups in total. The van der Waals surface area contributed by atoms with Crippen molar-refractivity contribution in [2.24, 2.45) is 0 Å². The van der Waals surface area contributed by atoms with Crippen molar-refractivity contribution in [3.63, 3.8) is 0 Å². The van der Waals surface area contributed by atoms with Gasteiger partial charge >= 0.3 is 0 Å². The van der Waals surface area contributed by atoms with E-state index in [4.69, 9.17) is 13.9 Å². The summed E-state index contributed by atoms with van der Waals surface area (Å²) in [5, 5.41) is 3.05. The summed E-state index contributed by atoms with van der Waals surface area (Å²) >= 11 is 0. The number of nitrogens with zero attached hydrogens (tertiary/aromatic N) is 1. The zero-order chi connectivity index (χ0) is 28.4. The van der Waals surface area contributed by atoms with Crippen LogP contribution < -0.4 is 15.5 Å². The van der Waals surface area contributed by atoms with Crippen LogP contribution in [0.15, 0.2) is 74.8 Å². The number of rotatable bonds is 7. The fourth-order valence-corrected chi connectivity index (χ4v) is 5.85. The molecule has 9 nitrogen and oxygen atoms in total. The lowest BCUT2D eigenvalue weighted by Gasteiger charge is -2.26. The molecule has 3 aromatic carbocycles. The van der Waals surface area contributed by atoms with Gasteiger partial charge in [0.05, 0.1) is 23.5 Å². The van der Waals surface area contributed by atoms with Gasteiger partial charge in [-0.25, -0.2) is 8.42 Å². The van der Waals surface area contributed by atoms with Gasteiger partial charge in [-0.1, -0.05) is 29.8 Å². The molecular weight excluding hydrogens is 532 g/mol. The van der Waals surface area contributed by atoms with Gasteiger partial charge in [0.2, 0.25) is 21.2 Å². The smallest absolute Gasteiger partial charge is 0.262 e. The number of ether oxygens (including phenoxy) is 2. The molecule has 0 radical (unpaired) electrons. The van der Waals surface area contributed by atoms with Crippen molar-refractivity contribution in [1.29, 1.82) is 0 Å². The van der Waals surface area contributed by atoms with Gasteiger partial charge < -0.3 is 19.2 Å². The maximum atomic E-state index is 13.5. The average molecular weight is 563 g/mol. The number of morpholine rings is 1. The molecule has 0 atom stereocenters. The zero-order valence-electron chi connectivity index (χ0n) is 22.5. The SMILES string of the molecule is Cc1ccc(-c2oc3cc(C)c(C)cc3c(=O)c2OCC(=O)Nc2ccc(S(=O)(=O)N3CCOCC3)cc2)cc1. The fourth-order valence-electron chi connectivity index (χ4n) is 4.44. The maximum Gasteiger partial charge on any atom is 0.262 e. The number of aryl methyl sites for hydroxylation is 3. The highest BCUT2D eigenvalue weighted by Gasteiger charge is 2.26. The largest absolute Gasteiger partial charge is 0.476 e. The molecule has 1 fully saturated rings. The topological polar surface area (TPSA) is 115 Å². The van der Waals surface area contributed by atoms with Crippen molar-refractivity contribution >= 4 is 32.6 Å². The highest BCUT2D eigenvalue weighted by atomic mass is 32.2. The Kier molecular flexibility index (Phi) is 7.75. The summed E-state index contributed by atoms with van der Waals surface area (Å²) in [7, 11) is -3.65. The van der Waals surface area contributed by atoms with Gasteiger partial charge in [-0.2, -0.15) is 4.31 Å². The van der Waals surface area contributed by atoms with Crippen molar-refractivity contribution < 1.29 is 27.1 Å². The lowest BCUT2D eigenvalue weighted by molar-refractivity contribution is -0.118. The molecule has 4 aromatic rings. The van der Waals surface area contributed by atoms with Crippen molar-refractivity contribution in [2.75, 3.05) is 38.2 Å². The van der Waals surface area contributed by atoms with Crippen LogP contribution in [0.25, 0.3) is 22.3 Å². The van der Waals surface area contributed by atoms with Crippen molar-refractivity contribution in [3.8, 4) is 17.1 Å². The Bertz CT molecular complexity index is 1720. The number of fused-ring (bicyclic) bond motifs is 1. The molecule has 40 heavy (non-hydrogen) atoms. The lowest BCUT2D eigenvalue weighted by atomic mass is 10.0. The van der Waals surface area contributed by atoms with E-state index in [-0.39, 0.29) is 21.8 Å². The average Bonchev–Trinajstić information content (AvgIpc) is 2.95. The molecule has 10 heteroatoms. The Hall–Kier alpha value is -3.99. The standard InChI is InChI=1S/C30H30N2O7S/c1-19-4-6-22(7-5-19)29-30(28(34)25-16-20(2)21(3)17-26(25)39-29)38-18-27(33)31-23-8-10-24(11-9-23)40(35,36)32-12-14-37-15-13-32/h4-11,16-17H,12-15,18H2,1-3H3,(H,31,33). The van der Waals surface area contributed by atoms with E-state index in [9.17, 15) is 18.0 Å². The summed E-state index contributed by atoms with van der Waals surface area (Å²) in [5.74, 6) is -0.328. The molecule has 0 aliphatic carbocycles. The minimum atomic E-state index is -3.65. The minimum absolute atomic E-state index is 0.0540. The van der Waals surface area contributed by atoms with Crippen molar-refractivity contribution in [1.82, 2.24) is 4.31 Å². The third-order valence-electron chi connectivity index (χ3n) is 6.87. The summed E-state index contributed by atoms with van der Waals surface area (Å²) in [5.41, 5.74) is 4.08. The first kappa shape index (κ1) is 27.6. The fraction of sp³-hybridized carbons (Fsp3) is 0.267. The van der Waals surface area contributed by atoms with Gasteiger partial charge in [0, 0.05) is 24.3 Å². The molecule has 0 spiro atoms. The van der Waals surface area contributed by atoms with Gasteiger partial charge in [-0.05, 0) is 68.3 Å². The third-order valence-corrected chi connectivity index (χ3v) is 8.79. The lowest BCUT2D eigenvalue weighted by Crippen LogP contribution is -2.40. The number of carbonyl (C=O) groups excluding carboxylic acids is 1. The molecule has 1 aromatic heterocycles. The molecular formula is C30H30N2O7S. The Balaban J connectivity index is 1.36. The molecule has 1 amide bonds. The third kappa shape index (κ3) is 5.65. The van der Waals surface area contributed by atoms with Crippen molar-refractivity contribution in [3.05, 3.63) is 87.6 Å². The van der Waals surface area contributed by atoms with Crippen LogP contribution in [0.1, 0.15) is 16.7 Å². The summed E-state index contributed by atoms with van der Waals surface area (Å²) < 4.78 is 44.2. The molecule has 0 saturated carbocycles. The van der Waals surface area contributed by atoms with Crippen LogP contribution in [0.5, 0.6) is 5.75 Å². The quantitative estimate of drug-likeness (QED) is 0.355. The van der Waals surface area contributed by atoms with E-state index in [1.807, 2.05) is 51.1 Å². The number of hydrogen-bond donors (Lipinski definition) is 1. The van der Waals surface area contributed by atoms with Crippen LogP contribution in [-0.2, 0) is 19.6 Å². The Labute approximate surface area is 232 Å². The Morgan fingerprint density at radius 3 is 2.27 bits per heavy atom. The summed E-state index contributed by atoms with van der Waals surface area (Å²) in [6.07, 6.45) is 0. The second-order valence-electron chi connectivity index (χ2n) is 9.77. The van der Waals surface area contributed by atoms with Crippen LogP contribution >= 0.6 is 0 Å². The second kappa shape index (κ2) is 11.2. The first-order valence-electron chi connectivity index (χ1n) is 12.9. The Morgan fingerprint density at radius 1 is 0.950 bits per heavy atom. The molecule has 1 saturated heterocycles. The van der Waals surface area contributed by atoms with Gasteiger partial charge in [0.1, 0.15) is 5.58 Å². The maximum absolute atomic E-state index is 13.5. The second-order valence-corrected chi connectivity index (χ2v) is 11.7. The molecule has 1 aliphatic rings. The first-order valence-corrected chi connectivity index (χ1v) is 14.3. The highest BCUT2D eigenvalue weighted by Crippen LogP contribution is 2.32. The highest BCUT2D eigenvalue weighted by molar-refractivity contribution is 7.89. The number of carbonyl (C=O) groups is 1. The molecule has 1 aliphatic heterocycles. The number of nitrogens with one attached hydrogen (secondary N) is 1. The van der Waals surface area contributed by atoms with E-state index < -0.39 is 22.5 Å². The summed E-state index contributed by atoms with van der Waals surface area (Å²) in [6.45, 7) is 6.66.